The van der Waals surface area contributed by atoms with E-state index in [4.69, 9.17) is 0 Å². The van der Waals surface area contributed by atoms with E-state index in [1.807, 2.05) is 0 Å². The Hall–Kier alpha value is -0.900. The van der Waals surface area contributed by atoms with Gasteiger partial charge < -0.3 is 5.32 Å². The Bertz CT molecular complexity index is 350. The van der Waals surface area contributed by atoms with E-state index in [2.05, 4.69) is 20.3 Å². The highest BCUT2D eigenvalue weighted by Gasteiger charge is 2.22. The van der Waals surface area contributed by atoms with Gasteiger partial charge in [-0.15, -0.1) is 5.10 Å². The number of hydrogen-bond acceptors (Lipinski definition) is 3. The monoisotopic (exact) mass is 220 g/mol. The number of aromatic nitrogens is 3. The van der Waals surface area contributed by atoms with Gasteiger partial charge in [0.1, 0.15) is 0 Å². The van der Waals surface area contributed by atoms with Crippen LogP contribution in [-0.2, 0) is 13.0 Å². The second kappa shape index (κ2) is 4.53. The second-order valence-corrected chi connectivity index (χ2v) is 5.00. The number of fused-ring (bicyclic) bond motifs is 1. The Morgan fingerprint density at radius 2 is 1.94 bits per heavy atom. The standard InChI is InChI=1S/C12H20N4/c1-2-4-6-10(5-3-1)16-12-7-8-13-9-11(12)14-15-16/h10,13H,1-9H2. The molecule has 16 heavy (non-hydrogen) atoms. The number of nitrogens with one attached hydrogen (secondary N) is 1. The molecule has 1 N–H and O–H groups in total. The van der Waals surface area contributed by atoms with E-state index in [9.17, 15) is 0 Å². The average Bonchev–Trinajstić information content (AvgIpc) is 2.57. The fraction of sp³-hybridized carbons (Fsp3) is 0.833. The first-order valence-electron chi connectivity index (χ1n) is 6.59. The summed E-state index contributed by atoms with van der Waals surface area (Å²) in [6, 6.07) is 0.622. The van der Waals surface area contributed by atoms with E-state index < -0.39 is 0 Å². The van der Waals surface area contributed by atoms with Crippen molar-refractivity contribution >= 4 is 0 Å². The van der Waals surface area contributed by atoms with Crippen LogP contribution in [0, 0.1) is 0 Å². The van der Waals surface area contributed by atoms with Crippen LogP contribution in [0.2, 0.25) is 0 Å². The summed E-state index contributed by atoms with van der Waals surface area (Å²) < 4.78 is 2.24. The minimum atomic E-state index is 0.622. The molecule has 0 spiro atoms. The van der Waals surface area contributed by atoms with Crippen LogP contribution in [0.3, 0.4) is 0 Å². The largest absolute Gasteiger partial charge is 0.311 e. The van der Waals surface area contributed by atoms with E-state index in [0.717, 1.165) is 19.5 Å². The molecular formula is C12H20N4. The summed E-state index contributed by atoms with van der Waals surface area (Å²) in [5.74, 6) is 0. The highest BCUT2D eigenvalue weighted by molar-refractivity contribution is 5.14. The first-order valence-corrected chi connectivity index (χ1v) is 6.59. The van der Waals surface area contributed by atoms with E-state index >= 15 is 0 Å². The zero-order valence-electron chi connectivity index (χ0n) is 9.78. The van der Waals surface area contributed by atoms with Crippen LogP contribution in [0.25, 0.3) is 0 Å². The molecule has 2 heterocycles. The van der Waals surface area contributed by atoms with Crippen LogP contribution in [0.4, 0.5) is 0 Å². The van der Waals surface area contributed by atoms with Gasteiger partial charge in [-0.1, -0.05) is 30.9 Å². The van der Waals surface area contributed by atoms with Crippen LogP contribution >= 0.6 is 0 Å². The summed E-state index contributed by atoms with van der Waals surface area (Å²) in [4.78, 5) is 0. The Labute approximate surface area is 96.4 Å². The molecule has 4 nitrogen and oxygen atoms in total. The molecule has 0 amide bonds. The quantitative estimate of drug-likeness (QED) is 0.734. The number of nitrogens with zero attached hydrogens (tertiary/aromatic N) is 3. The Morgan fingerprint density at radius 3 is 2.75 bits per heavy atom. The molecule has 0 unspecified atom stereocenters. The lowest BCUT2D eigenvalue weighted by molar-refractivity contribution is 0.382. The van der Waals surface area contributed by atoms with Gasteiger partial charge in [-0.25, -0.2) is 4.68 Å². The van der Waals surface area contributed by atoms with Crippen molar-refractivity contribution in [3.8, 4) is 0 Å². The maximum absolute atomic E-state index is 4.39. The lowest BCUT2D eigenvalue weighted by Gasteiger charge is -2.19. The van der Waals surface area contributed by atoms with Crippen molar-refractivity contribution in [3.63, 3.8) is 0 Å². The van der Waals surface area contributed by atoms with Crippen molar-refractivity contribution in [2.75, 3.05) is 6.54 Å². The molecule has 1 fully saturated rings. The van der Waals surface area contributed by atoms with E-state index in [1.54, 1.807) is 0 Å². The van der Waals surface area contributed by atoms with Gasteiger partial charge in [0.05, 0.1) is 17.4 Å². The molecule has 0 bridgehead atoms. The molecule has 0 radical (unpaired) electrons. The molecule has 1 saturated carbocycles. The third-order valence-corrected chi connectivity index (χ3v) is 3.87. The number of rotatable bonds is 1. The topological polar surface area (TPSA) is 42.7 Å². The molecule has 1 aliphatic heterocycles. The van der Waals surface area contributed by atoms with E-state index in [0.29, 0.717) is 6.04 Å². The van der Waals surface area contributed by atoms with Gasteiger partial charge in [0.15, 0.2) is 0 Å². The SMILES string of the molecule is C1CCCC(n2nnc3c2CCNC3)CC1. The molecule has 2 aliphatic rings. The summed E-state index contributed by atoms with van der Waals surface area (Å²) in [5, 5.41) is 12.1. The molecule has 0 atom stereocenters. The first-order chi connectivity index (χ1) is 7.95. The van der Waals surface area contributed by atoms with Crippen LogP contribution in [-0.4, -0.2) is 21.5 Å². The van der Waals surface area contributed by atoms with Crippen molar-refractivity contribution in [3.05, 3.63) is 11.4 Å². The Morgan fingerprint density at radius 1 is 1.12 bits per heavy atom. The lowest BCUT2D eigenvalue weighted by Crippen LogP contribution is -2.26. The Kier molecular flexibility index (Phi) is 2.91. The summed E-state index contributed by atoms with van der Waals surface area (Å²) >= 11 is 0. The maximum Gasteiger partial charge on any atom is 0.0997 e. The van der Waals surface area contributed by atoms with Crippen molar-refractivity contribution in [1.82, 2.24) is 20.3 Å². The summed E-state index contributed by atoms with van der Waals surface area (Å²) in [6.45, 7) is 1.98. The van der Waals surface area contributed by atoms with Crippen molar-refractivity contribution < 1.29 is 0 Å². The third kappa shape index (κ3) is 1.86. The van der Waals surface area contributed by atoms with Crippen LogP contribution in [0.1, 0.15) is 56.0 Å². The molecule has 0 saturated heterocycles. The summed E-state index contributed by atoms with van der Waals surface area (Å²) in [7, 11) is 0. The fourth-order valence-electron chi connectivity index (χ4n) is 2.95. The van der Waals surface area contributed by atoms with Crippen molar-refractivity contribution in [1.29, 1.82) is 0 Å². The van der Waals surface area contributed by atoms with Crippen LogP contribution < -0.4 is 5.32 Å². The third-order valence-electron chi connectivity index (χ3n) is 3.87. The lowest BCUT2D eigenvalue weighted by atomic mass is 10.1. The van der Waals surface area contributed by atoms with Gasteiger partial charge in [-0.2, -0.15) is 0 Å². The fourth-order valence-corrected chi connectivity index (χ4v) is 2.95. The van der Waals surface area contributed by atoms with Crippen molar-refractivity contribution in [2.45, 2.75) is 57.5 Å². The maximum atomic E-state index is 4.39. The number of hydrogen-bond donors (Lipinski definition) is 1. The van der Waals surface area contributed by atoms with E-state index in [-0.39, 0.29) is 0 Å². The smallest absolute Gasteiger partial charge is 0.0997 e. The molecule has 3 rings (SSSR count). The molecule has 1 aromatic rings. The van der Waals surface area contributed by atoms with Crippen LogP contribution in [0.5, 0.6) is 0 Å². The molecule has 0 aromatic carbocycles. The molecule has 88 valence electrons. The van der Waals surface area contributed by atoms with Gasteiger partial charge in [0, 0.05) is 19.5 Å². The average molecular weight is 220 g/mol. The second-order valence-electron chi connectivity index (χ2n) is 5.00. The predicted octanol–water partition coefficient (Wildman–Crippen LogP) is 1.82. The minimum absolute atomic E-state index is 0.622. The zero-order valence-corrected chi connectivity index (χ0v) is 9.78. The van der Waals surface area contributed by atoms with Crippen molar-refractivity contribution in [2.24, 2.45) is 0 Å². The Balaban J connectivity index is 1.84. The summed E-state index contributed by atoms with van der Waals surface area (Å²) in [6.07, 6.45) is 9.20. The molecule has 1 aromatic heterocycles. The predicted molar refractivity (Wildman–Crippen MR) is 62.2 cm³/mol. The highest BCUT2D eigenvalue weighted by atomic mass is 15.4. The van der Waals surface area contributed by atoms with Gasteiger partial charge in [0.25, 0.3) is 0 Å². The molecular weight excluding hydrogens is 200 g/mol. The van der Waals surface area contributed by atoms with Gasteiger partial charge in [-0.3, -0.25) is 0 Å². The zero-order chi connectivity index (χ0) is 10.8. The summed E-state index contributed by atoms with van der Waals surface area (Å²) in [5.41, 5.74) is 2.57. The molecule has 1 aliphatic carbocycles. The first kappa shape index (κ1) is 10.3. The highest BCUT2D eigenvalue weighted by Crippen LogP contribution is 2.28. The van der Waals surface area contributed by atoms with Crippen LogP contribution in [0.15, 0.2) is 0 Å². The van der Waals surface area contributed by atoms with Gasteiger partial charge in [-0.05, 0) is 12.8 Å². The van der Waals surface area contributed by atoms with Gasteiger partial charge in [0.2, 0.25) is 0 Å². The minimum Gasteiger partial charge on any atom is -0.311 e. The van der Waals surface area contributed by atoms with E-state index in [1.165, 1.54) is 49.9 Å². The normalized spacial score (nSPS) is 22.8. The molecule has 4 heteroatoms. The van der Waals surface area contributed by atoms with Gasteiger partial charge >= 0.3 is 0 Å².